The average Bonchev–Trinajstić information content (AvgIpc) is 3.48. The van der Waals surface area contributed by atoms with Gasteiger partial charge in [0.05, 0.1) is 0 Å². The van der Waals surface area contributed by atoms with Gasteiger partial charge in [0, 0.05) is 0 Å². The van der Waals surface area contributed by atoms with Gasteiger partial charge in [-0.2, -0.15) is 0 Å². The van der Waals surface area contributed by atoms with E-state index in [1.165, 1.54) is 120 Å². The average molecular weight is 739 g/mol. The summed E-state index contributed by atoms with van der Waals surface area (Å²) < 4.78 is 0. The Kier molecular flexibility index (Phi) is 6.88. The molecule has 0 unspecified atom stereocenters. The fraction of sp³-hybridized carbons (Fsp3) is 0.0357. The highest BCUT2D eigenvalue weighted by atomic mass is 28.3. The Morgan fingerprint density at radius 1 is 0.263 bits per heavy atom. The smallest absolute Gasteiger partial charge is 0.0623 e. The predicted molar refractivity (Wildman–Crippen MR) is 250 cm³/mol. The molecule has 1 heteroatoms. The first-order chi connectivity index (χ1) is 28.0. The van der Waals surface area contributed by atoms with Gasteiger partial charge < -0.3 is 0 Å². The van der Waals surface area contributed by atoms with Crippen LogP contribution in [-0.4, -0.2) is 8.07 Å². The van der Waals surface area contributed by atoms with Crippen molar-refractivity contribution in [1.29, 1.82) is 0 Å². The van der Waals surface area contributed by atoms with Crippen molar-refractivity contribution in [3.8, 4) is 44.5 Å². The first-order valence-corrected chi connectivity index (χ1v) is 23.1. The summed E-state index contributed by atoms with van der Waals surface area (Å²) in [6, 6.07) is 73.5. The predicted octanol–water partition coefficient (Wildman–Crippen LogP) is 14.4. The summed E-state index contributed by atoms with van der Waals surface area (Å²) in [7, 11) is -1.98. The normalized spacial score (nSPS) is 13.2. The lowest BCUT2D eigenvalue weighted by Gasteiger charge is -2.23. The Labute approximate surface area is 333 Å². The van der Waals surface area contributed by atoms with E-state index < -0.39 is 8.07 Å². The number of benzene rings is 11. The molecule has 11 aromatic carbocycles. The second-order valence-electron chi connectivity index (χ2n) is 16.5. The van der Waals surface area contributed by atoms with Crippen LogP contribution in [0, 0.1) is 0 Å². The maximum atomic E-state index is 2.61. The van der Waals surface area contributed by atoms with Crippen LogP contribution in [0.1, 0.15) is 0 Å². The third kappa shape index (κ3) is 4.92. The minimum Gasteiger partial charge on any atom is -0.0623 e. The Morgan fingerprint density at radius 3 is 1.39 bits per heavy atom. The van der Waals surface area contributed by atoms with Crippen molar-refractivity contribution in [2.45, 2.75) is 13.1 Å². The molecule has 0 fully saturated rings. The van der Waals surface area contributed by atoms with Gasteiger partial charge in [-0.25, -0.2) is 0 Å². The highest BCUT2D eigenvalue weighted by molar-refractivity contribution is 7.04. The van der Waals surface area contributed by atoms with Gasteiger partial charge in [-0.1, -0.05) is 165 Å². The SMILES string of the molecule is C[Si]1(C)c2ccccc2-c2cc3c(-c4ccc5ccccc5c4)c4ccc(-c5ccc6cc7ccccc7cc6c5)cc4c(-c4ccc5ccccc5c4)c3cc21. The van der Waals surface area contributed by atoms with Gasteiger partial charge in [0.25, 0.3) is 0 Å². The third-order valence-electron chi connectivity index (χ3n) is 12.9. The van der Waals surface area contributed by atoms with E-state index in [1.54, 1.807) is 0 Å². The molecule has 266 valence electrons. The number of fused-ring (bicyclic) bond motifs is 9. The summed E-state index contributed by atoms with van der Waals surface area (Å²) in [4.78, 5) is 0. The largest absolute Gasteiger partial charge is 0.113 e. The van der Waals surface area contributed by atoms with Crippen molar-refractivity contribution in [1.82, 2.24) is 0 Å². The van der Waals surface area contributed by atoms with Crippen LogP contribution < -0.4 is 10.4 Å². The van der Waals surface area contributed by atoms with E-state index in [1.807, 2.05) is 0 Å². The van der Waals surface area contributed by atoms with Crippen molar-refractivity contribution in [2.24, 2.45) is 0 Å². The molecule has 0 saturated heterocycles. The molecular weight excluding hydrogens is 701 g/mol. The molecule has 12 rings (SSSR count). The topological polar surface area (TPSA) is 0 Å². The summed E-state index contributed by atoms with van der Waals surface area (Å²) in [6.07, 6.45) is 0. The Balaban J connectivity index is 1.22. The van der Waals surface area contributed by atoms with E-state index in [-0.39, 0.29) is 0 Å². The quantitative estimate of drug-likeness (QED) is 0.125. The summed E-state index contributed by atoms with van der Waals surface area (Å²) >= 11 is 0. The first kappa shape index (κ1) is 32.4. The first-order valence-electron chi connectivity index (χ1n) is 20.1. The Hall–Kier alpha value is -6.80. The molecule has 0 bridgehead atoms. The van der Waals surface area contributed by atoms with Crippen LogP contribution in [0.25, 0.3) is 109 Å². The summed E-state index contributed by atoms with van der Waals surface area (Å²) in [5, 5.41) is 18.4. The van der Waals surface area contributed by atoms with Gasteiger partial charge in [0.1, 0.15) is 8.07 Å². The zero-order chi connectivity index (χ0) is 37.8. The van der Waals surface area contributed by atoms with E-state index in [2.05, 4.69) is 207 Å². The van der Waals surface area contributed by atoms with Gasteiger partial charge in [-0.05, 0) is 162 Å². The van der Waals surface area contributed by atoms with Gasteiger partial charge in [-0.15, -0.1) is 0 Å². The Morgan fingerprint density at radius 2 is 0.702 bits per heavy atom. The van der Waals surface area contributed by atoms with Crippen LogP contribution in [0.5, 0.6) is 0 Å². The molecule has 0 spiro atoms. The Bertz CT molecular complexity index is 3500. The molecule has 0 aromatic heterocycles. The number of hydrogen-bond donors (Lipinski definition) is 0. The van der Waals surface area contributed by atoms with Crippen molar-refractivity contribution in [2.75, 3.05) is 0 Å². The van der Waals surface area contributed by atoms with Crippen LogP contribution in [0.3, 0.4) is 0 Å². The van der Waals surface area contributed by atoms with Crippen molar-refractivity contribution >= 4 is 83.1 Å². The molecule has 0 amide bonds. The lowest BCUT2D eigenvalue weighted by molar-refractivity contribution is 1.66. The highest BCUT2D eigenvalue weighted by Gasteiger charge is 2.38. The van der Waals surface area contributed by atoms with Gasteiger partial charge in [0.15, 0.2) is 0 Å². The number of rotatable bonds is 3. The highest BCUT2D eigenvalue weighted by Crippen LogP contribution is 2.47. The fourth-order valence-electron chi connectivity index (χ4n) is 10.0. The third-order valence-corrected chi connectivity index (χ3v) is 16.5. The van der Waals surface area contributed by atoms with Crippen LogP contribution in [0.2, 0.25) is 13.1 Å². The van der Waals surface area contributed by atoms with Crippen LogP contribution in [0.15, 0.2) is 194 Å². The van der Waals surface area contributed by atoms with Crippen LogP contribution >= 0.6 is 0 Å². The van der Waals surface area contributed by atoms with Crippen molar-refractivity contribution < 1.29 is 0 Å². The molecular formula is C56H38Si. The zero-order valence-electron chi connectivity index (χ0n) is 32.0. The molecule has 1 aliphatic heterocycles. The van der Waals surface area contributed by atoms with E-state index >= 15 is 0 Å². The molecule has 0 aliphatic carbocycles. The van der Waals surface area contributed by atoms with Gasteiger partial charge in [-0.3, -0.25) is 0 Å². The second kappa shape index (κ2) is 12.1. The molecule has 1 aliphatic rings. The molecule has 57 heavy (non-hydrogen) atoms. The van der Waals surface area contributed by atoms with E-state index in [4.69, 9.17) is 0 Å². The summed E-state index contributed by atoms with van der Waals surface area (Å²) in [5.41, 5.74) is 10.4. The van der Waals surface area contributed by atoms with Gasteiger partial charge in [0.2, 0.25) is 0 Å². The zero-order valence-corrected chi connectivity index (χ0v) is 33.0. The van der Waals surface area contributed by atoms with Crippen molar-refractivity contribution in [3.63, 3.8) is 0 Å². The minimum absolute atomic E-state index is 1.23. The molecule has 11 aromatic rings. The summed E-state index contributed by atoms with van der Waals surface area (Å²) in [6.45, 7) is 5.07. The molecule has 1 heterocycles. The lowest BCUT2D eigenvalue weighted by Crippen LogP contribution is -2.49. The molecule has 0 N–H and O–H groups in total. The van der Waals surface area contributed by atoms with Crippen LogP contribution in [-0.2, 0) is 0 Å². The minimum atomic E-state index is -1.98. The monoisotopic (exact) mass is 738 g/mol. The molecule has 0 saturated carbocycles. The molecule has 0 nitrogen and oxygen atoms in total. The standard InChI is InChI=1S/C56H38Si/c1-57(2)53-18-10-9-17-47(53)49-33-51-52(34-54(49)57)56(45-24-20-36-12-4-6-14-38(36)29-45)50-32-43(41-21-22-42-27-39-15-7-8-16-40(39)30-46(42)31-41)25-26-48(50)55(51)44-23-19-35-11-3-5-13-37(35)28-44/h3-34H,1-2H3. The van der Waals surface area contributed by atoms with E-state index in [0.29, 0.717) is 0 Å². The van der Waals surface area contributed by atoms with Crippen molar-refractivity contribution in [3.05, 3.63) is 194 Å². The lowest BCUT2D eigenvalue weighted by atomic mass is 9.83. The second-order valence-corrected chi connectivity index (χ2v) is 20.8. The molecule has 0 atom stereocenters. The van der Waals surface area contributed by atoms with E-state index in [9.17, 15) is 0 Å². The van der Waals surface area contributed by atoms with Crippen LogP contribution in [0.4, 0.5) is 0 Å². The maximum Gasteiger partial charge on any atom is 0.113 e. The maximum absolute atomic E-state index is 2.61. The van der Waals surface area contributed by atoms with E-state index in [0.717, 1.165) is 0 Å². The summed E-state index contributed by atoms with van der Waals surface area (Å²) in [5.74, 6) is 0. The number of hydrogen-bond acceptors (Lipinski definition) is 0. The van der Waals surface area contributed by atoms with Gasteiger partial charge >= 0.3 is 0 Å². The molecule has 0 radical (unpaired) electrons. The fourth-order valence-corrected chi connectivity index (χ4v) is 13.1.